The molecule has 13 rings (SSSR count). The summed E-state index contributed by atoms with van der Waals surface area (Å²) < 4.78 is 8.86. The number of rotatable bonds is 5. The smallest absolute Gasteiger partial charge is 0.137 e. The molecule has 2 aliphatic carbocycles. The van der Waals surface area contributed by atoms with Crippen LogP contribution in [0.5, 0.6) is 0 Å². The van der Waals surface area contributed by atoms with Crippen molar-refractivity contribution in [3.05, 3.63) is 229 Å². The maximum Gasteiger partial charge on any atom is 0.137 e. The summed E-state index contributed by atoms with van der Waals surface area (Å²) in [4.78, 5) is 2.41. The van der Waals surface area contributed by atoms with Crippen LogP contribution in [0.4, 0.5) is 17.1 Å². The minimum absolute atomic E-state index is 0.105. The molecule has 2 heterocycles. The molecule has 0 N–H and O–H groups in total. The first-order valence-corrected chi connectivity index (χ1v) is 20.9. The lowest BCUT2D eigenvalue weighted by atomic mass is 9.75. The summed E-state index contributed by atoms with van der Waals surface area (Å²) in [6, 6.07) is 75.7. The van der Waals surface area contributed by atoms with Gasteiger partial charge in [0.25, 0.3) is 0 Å². The van der Waals surface area contributed by atoms with Crippen LogP contribution in [0.1, 0.15) is 22.3 Å². The van der Waals surface area contributed by atoms with Crippen LogP contribution in [0.15, 0.2) is 211 Å². The molecule has 1 spiro atoms. The predicted molar refractivity (Wildman–Crippen MR) is 248 cm³/mol. The van der Waals surface area contributed by atoms with Crippen LogP contribution < -0.4 is 4.90 Å². The third-order valence-corrected chi connectivity index (χ3v) is 13.4. The molecule has 0 aliphatic heterocycles. The molecule has 0 saturated carbocycles. The zero-order valence-corrected chi connectivity index (χ0v) is 32.8. The van der Waals surface area contributed by atoms with E-state index in [4.69, 9.17) is 4.42 Å². The highest BCUT2D eigenvalue weighted by molar-refractivity contribution is 6.10. The highest BCUT2D eigenvalue weighted by Crippen LogP contribution is 2.56. The first-order valence-electron chi connectivity index (χ1n) is 20.9. The van der Waals surface area contributed by atoms with Gasteiger partial charge in [0.15, 0.2) is 0 Å². The Kier molecular flexibility index (Phi) is 7.06. The van der Waals surface area contributed by atoms with E-state index in [1.54, 1.807) is 0 Å². The van der Waals surface area contributed by atoms with Gasteiger partial charge in [0.2, 0.25) is 0 Å². The topological polar surface area (TPSA) is 21.3 Å². The van der Waals surface area contributed by atoms with Gasteiger partial charge in [0, 0.05) is 55.8 Å². The molecule has 0 amide bonds. The summed E-state index contributed by atoms with van der Waals surface area (Å²) in [5.41, 5.74) is 19.4. The quantitative estimate of drug-likeness (QED) is 0.174. The first-order chi connectivity index (χ1) is 29.7. The molecule has 11 aromatic rings. The van der Waals surface area contributed by atoms with Gasteiger partial charge in [-0.3, -0.25) is 0 Å². The van der Waals surface area contributed by atoms with Crippen LogP contribution in [0, 0.1) is 0 Å². The van der Waals surface area contributed by atoms with Gasteiger partial charge in [0.1, 0.15) is 11.2 Å². The third kappa shape index (κ3) is 4.84. The van der Waals surface area contributed by atoms with E-state index in [0.717, 1.165) is 51.8 Å². The highest BCUT2D eigenvalue weighted by atomic mass is 16.3. The molecule has 9 aromatic carbocycles. The number of benzene rings is 9. The summed E-state index contributed by atoms with van der Waals surface area (Å²) in [5.74, 6) is 0. The number of nitrogens with zero attached hydrogens (tertiary/aromatic N) is 2. The van der Waals surface area contributed by atoms with Gasteiger partial charge in [-0.2, -0.15) is 0 Å². The number of fused-ring (bicyclic) bond motifs is 12. The molecule has 0 fully saturated rings. The molecule has 2 aromatic heterocycles. The van der Waals surface area contributed by atoms with Gasteiger partial charge in [0.05, 0.1) is 11.0 Å². The maximum absolute atomic E-state index is 6.49. The Balaban J connectivity index is 0.957. The Hall–Kier alpha value is -7.62. The number of furan rings is 1. The molecular weight excluding hydrogens is 729 g/mol. The number of anilines is 3. The van der Waals surface area contributed by atoms with Crippen LogP contribution in [0.2, 0.25) is 0 Å². The van der Waals surface area contributed by atoms with E-state index in [1.165, 1.54) is 72.0 Å². The molecule has 60 heavy (non-hydrogen) atoms. The number of hydrogen-bond donors (Lipinski definition) is 0. The van der Waals surface area contributed by atoms with Gasteiger partial charge in [-0.15, -0.1) is 0 Å². The molecule has 0 bridgehead atoms. The standard InChI is InChI=1S/C57H38N2O/c1-2-14-41(15-3-1)59-53-20-10-7-17-47(53)50-32-38(24-31-54(50)59)37-22-25-42(26-23-37)58(44-28-30-49-48-18-8-11-21-55(48)60-56(49)34-44)43-27-29-46-45-16-6-9-19-51(45)57(52(46)33-43)35-39-12-4-5-13-40(39)36-57/h1-34H,35-36H2. The molecule has 282 valence electrons. The average Bonchev–Trinajstić information content (AvgIpc) is 4.05. The zero-order valence-electron chi connectivity index (χ0n) is 32.8. The number of aromatic nitrogens is 1. The largest absolute Gasteiger partial charge is 0.456 e. The summed E-state index contributed by atoms with van der Waals surface area (Å²) in [6.07, 6.45) is 2.01. The van der Waals surface area contributed by atoms with Crippen molar-refractivity contribution in [3.8, 4) is 27.9 Å². The van der Waals surface area contributed by atoms with Gasteiger partial charge in [-0.1, -0.05) is 127 Å². The minimum Gasteiger partial charge on any atom is -0.456 e. The molecule has 0 saturated heterocycles. The van der Waals surface area contributed by atoms with E-state index in [0.29, 0.717) is 0 Å². The summed E-state index contributed by atoms with van der Waals surface area (Å²) >= 11 is 0. The van der Waals surface area contributed by atoms with E-state index >= 15 is 0 Å². The molecule has 3 nitrogen and oxygen atoms in total. The lowest BCUT2D eigenvalue weighted by Gasteiger charge is -2.30. The van der Waals surface area contributed by atoms with E-state index in [2.05, 4.69) is 210 Å². The van der Waals surface area contributed by atoms with Crippen molar-refractivity contribution in [2.24, 2.45) is 0 Å². The number of para-hydroxylation sites is 3. The van der Waals surface area contributed by atoms with Crippen molar-refractivity contribution in [1.29, 1.82) is 0 Å². The zero-order chi connectivity index (χ0) is 39.4. The van der Waals surface area contributed by atoms with Crippen LogP contribution in [-0.2, 0) is 18.3 Å². The SMILES string of the molecule is c1ccc(-n2c3ccccc3c3cc(-c4ccc(N(c5ccc6c(c5)C5(Cc7ccccc7C5)c5ccccc5-6)c5ccc6c(c5)oc5ccccc56)cc4)ccc32)cc1. The lowest BCUT2D eigenvalue weighted by Crippen LogP contribution is -2.26. The summed E-state index contributed by atoms with van der Waals surface area (Å²) in [6.45, 7) is 0. The van der Waals surface area contributed by atoms with E-state index in [-0.39, 0.29) is 5.41 Å². The van der Waals surface area contributed by atoms with Gasteiger partial charge in [-0.25, -0.2) is 0 Å². The van der Waals surface area contributed by atoms with Crippen LogP contribution >= 0.6 is 0 Å². The van der Waals surface area contributed by atoms with Crippen molar-refractivity contribution in [1.82, 2.24) is 4.57 Å². The highest BCUT2D eigenvalue weighted by Gasteiger charge is 2.47. The Labute approximate surface area is 348 Å². The van der Waals surface area contributed by atoms with Crippen molar-refractivity contribution < 1.29 is 4.42 Å². The van der Waals surface area contributed by atoms with Gasteiger partial charge in [-0.05, 0) is 130 Å². The third-order valence-electron chi connectivity index (χ3n) is 13.4. The number of hydrogen-bond acceptors (Lipinski definition) is 2. The predicted octanol–water partition coefficient (Wildman–Crippen LogP) is 14.9. The Morgan fingerprint density at radius 2 is 1.02 bits per heavy atom. The van der Waals surface area contributed by atoms with Gasteiger partial charge >= 0.3 is 0 Å². The maximum atomic E-state index is 6.49. The second-order valence-corrected chi connectivity index (χ2v) is 16.6. The first kappa shape index (κ1) is 33.4. The normalized spacial score (nSPS) is 13.7. The lowest BCUT2D eigenvalue weighted by molar-refractivity contribution is 0.563. The van der Waals surface area contributed by atoms with Crippen LogP contribution in [-0.4, -0.2) is 4.57 Å². The second kappa shape index (κ2) is 12.7. The van der Waals surface area contributed by atoms with Crippen molar-refractivity contribution in [2.75, 3.05) is 4.90 Å². The van der Waals surface area contributed by atoms with Crippen molar-refractivity contribution in [3.63, 3.8) is 0 Å². The van der Waals surface area contributed by atoms with Crippen molar-refractivity contribution in [2.45, 2.75) is 18.3 Å². The van der Waals surface area contributed by atoms with Crippen molar-refractivity contribution >= 4 is 60.8 Å². The fourth-order valence-corrected chi connectivity index (χ4v) is 10.7. The molecular formula is C57H38N2O. The average molecular weight is 767 g/mol. The summed E-state index contributed by atoms with van der Waals surface area (Å²) in [7, 11) is 0. The van der Waals surface area contributed by atoms with Crippen LogP contribution in [0.3, 0.4) is 0 Å². The van der Waals surface area contributed by atoms with E-state index in [9.17, 15) is 0 Å². The molecule has 2 aliphatic rings. The molecule has 0 unspecified atom stereocenters. The molecule has 0 atom stereocenters. The molecule has 3 heteroatoms. The fourth-order valence-electron chi connectivity index (χ4n) is 10.7. The summed E-state index contributed by atoms with van der Waals surface area (Å²) in [5, 5.41) is 4.76. The Morgan fingerprint density at radius 1 is 0.400 bits per heavy atom. The Bertz CT molecular complexity index is 3470. The second-order valence-electron chi connectivity index (χ2n) is 16.6. The minimum atomic E-state index is -0.105. The van der Waals surface area contributed by atoms with E-state index in [1.807, 2.05) is 6.07 Å². The van der Waals surface area contributed by atoms with Crippen LogP contribution in [0.25, 0.3) is 71.7 Å². The monoisotopic (exact) mass is 766 g/mol. The Morgan fingerprint density at radius 3 is 1.87 bits per heavy atom. The fraction of sp³-hybridized carbons (Fsp3) is 0.0526. The van der Waals surface area contributed by atoms with Gasteiger partial charge < -0.3 is 13.9 Å². The van der Waals surface area contributed by atoms with E-state index < -0.39 is 0 Å². The molecule has 0 radical (unpaired) electrons.